The lowest BCUT2D eigenvalue weighted by molar-refractivity contribution is 0.102. The molecule has 138 valence electrons. The maximum Gasteiger partial charge on any atom is 0.274 e. The van der Waals surface area contributed by atoms with Crippen LogP contribution in [-0.4, -0.2) is 25.0 Å². The second-order valence-corrected chi connectivity index (χ2v) is 6.08. The van der Waals surface area contributed by atoms with Crippen LogP contribution in [0.3, 0.4) is 0 Å². The smallest absolute Gasteiger partial charge is 0.274 e. The van der Waals surface area contributed by atoms with Crippen molar-refractivity contribution < 1.29 is 13.6 Å². The van der Waals surface area contributed by atoms with E-state index in [1.54, 1.807) is 12.1 Å². The van der Waals surface area contributed by atoms with Crippen LogP contribution in [0.25, 0.3) is 0 Å². The van der Waals surface area contributed by atoms with Crippen molar-refractivity contribution >= 4 is 28.7 Å². The van der Waals surface area contributed by atoms with Gasteiger partial charge in [-0.05, 0) is 48.5 Å². The number of nitrogens with one attached hydrogen (secondary N) is 2. The molecule has 0 aliphatic heterocycles. The number of amides is 1. The zero-order valence-electron chi connectivity index (χ0n) is 14.8. The Morgan fingerprint density at radius 2 is 1.56 bits per heavy atom. The van der Waals surface area contributed by atoms with E-state index < -0.39 is 11.6 Å². The molecule has 0 spiro atoms. The number of carbonyl (C=O) groups is 1. The van der Waals surface area contributed by atoms with Gasteiger partial charge in [-0.1, -0.05) is 0 Å². The third-order valence-corrected chi connectivity index (χ3v) is 3.85. The van der Waals surface area contributed by atoms with Gasteiger partial charge in [-0.15, -0.1) is 0 Å². The molecular formula is C20H18F2N4O. The molecule has 0 unspecified atom stereocenters. The molecule has 3 rings (SSSR count). The van der Waals surface area contributed by atoms with E-state index >= 15 is 0 Å². The van der Waals surface area contributed by atoms with Crippen molar-refractivity contribution in [2.45, 2.75) is 0 Å². The van der Waals surface area contributed by atoms with Crippen molar-refractivity contribution in [3.8, 4) is 0 Å². The van der Waals surface area contributed by atoms with E-state index in [4.69, 9.17) is 0 Å². The summed E-state index contributed by atoms with van der Waals surface area (Å²) in [7, 11) is 3.88. The summed E-state index contributed by atoms with van der Waals surface area (Å²) in [6, 6.07) is 14.1. The molecule has 0 saturated heterocycles. The quantitative estimate of drug-likeness (QED) is 0.700. The van der Waals surface area contributed by atoms with Crippen LogP contribution in [0.15, 0.2) is 60.8 Å². The first-order valence-corrected chi connectivity index (χ1v) is 8.19. The summed E-state index contributed by atoms with van der Waals surface area (Å²) in [5.74, 6) is -2.19. The Labute approximate surface area is 155 Å². The van der Waals surface area contributed by atoms with Crippen LogP contribution in [0.2, 0.25) is 0 Å². The molecule has 1 amide bonds. The number of carbonyl (C=O) groups excluding carboxylic acids is 1. The molecule has 3 aromatic rings. The number of nitrogens with zero attached hydrogens (tertiary/aromatic N) is 2. The summed E-state index contributed by atoms with van der Waals surface area (Å²) in [6.07, 6.45) is 1.45. The largest absolute Gasteiger partial charge is 0.378 e. The van der Waals surface area contributed by atoms with Crippen molar-refractivity contribution in [1.29, 1.82) is 0 Å². The molecule has 0 radical (unpaired) electrons. The second-order valence-electron chi connectivity index (χ2n) is 6.08. The minimum Gasteiger partial charge on any atom is -0.378 e. The Hall–Kier alpha value is -3.48. The molecule has 0 bridgehead atoms. The van der Waals surface area contributed by atoms with Crippen molar-refractivity contribution in [1.82, 2.24) is 4.98 Å². The maximum absolute atomic E-state index is 13.2. The first-order chi connectivity index (χ1) is 12.9. The van der Waals surface area contributed by atoms with Crippen molar-refractivity contribution in [2.24, 2.45) is 0 Å². The Morgan fingerprint density at radius 3 is 2.15 bits per heavy atom. The average Bonchev–Trinajstić information content (AvgIpc) is 2.66. The van der Waals surface area contributed by atoms with E-state index in [1.807, 2.05) is 43.3 Å². The van der Waals surface area contributed by atoms with E-state index in [2.05, 4.69) is 15.6 Å². The highest BCUT2D eigenvalue weighted by molar-refractivity contribution is 6.03. The van der Waals surface area contributed by atoms with Gasteiger partial charge in [0.25, 0.3) is 5.91 Å². The molecule has 0 aliphatic rings. The van der Waals surface area contributed by atoms with Gasteiger partial charge in [0.1, 0.15) is 5.69 Å². The van der Waals surface area contributed by atoms with E-state index in [9.17, 15) is 13.6 Å². The Kier molecular flexibility index (Phi) is 5.30. The predicted octanol–water partition coefficient (Wildman–Crippen LogP) is 4.42. The number of rotatable bonds is 5. The fourth-order valence-corrected chi connectivity index (χ4v) is 2.38. The van der Waals surface area contributed by atoms with E-state index in [0.717, 1.165) is 17.8 Å². The number of benzene rings is 2. The van der Waals surface area contributed by atoms with Crippen molar-refractivity contribution in [3.05, 3.63) is 78.1 Å². The topological polar surface area (TPSA) is 57.3 Å². The van der Waals surface area contributed by atoms with Gasteiger partial charge in [-0.25, -0.2) is 13.8 Å². The van der Waals surface area contributed by atoms with Gasteiger partial charge in [0, 0.05) is 37.2 Å². The lowest BCUT2D eigenvalue weighted by atomic mass is 10.2. The minimum atomic E-state index is -0.941. The lowest BCUT2D eigenvalue weighted by Gasteiger charge is -2.13. The predicted molar refractivity (Wildman–Crippen MR) is 103 cm³/mol. The van der Waals surface area contributed by atoms with Gasteiger partial charge in [0.05, 0.1) is 11.9 Å². The standard InChI is InChI=1S/C20H18F2N4O/c1-26(2)16-7-3-13(4-8-16)25-20(27)19-10-6-15(12-23-19)24-14-5-9-17(21)18(22)11-14/h3-12,24H,1-2H3,(H,25,27). The average molecular weight is 368 g/mol. The molecule has 0 aliphatic carbocycles. The number of hydrogen-bond donors (Lipinski definition) is 2. The highest BCUT2D eigenvalue weighted by Gasteiger charge is 2.09. The van der Waals surface area contributed by atoms with Crippen molar-refractivity contribution in [3.63, 3.8) is 0 Å². The molecule has 7 heteroatoms. The SMILES string of the molecule is CN(C)c1ccc(NC(=O)c2ccc(Nc3ccc(F)c(F)c3)cn2)cc1. The minimum absolute atomic E-state index is 0.238. The molecule has 27 heavy (non-hydrogen) atoms. The number of anilines is 4. The van der Waals surface area contributed by atoms with Crippen LogP contribution < -0.4 is 15.5 Å². The lowest BCUT2D eigenvalue weighted by Crippen LogP contribution is -2.14. The van der Waals surface area contributed by atoms with Crippen LogP contribution in [0.4, 0.5) is 31.5 Å². The summed E-state index contributed by atoms with van der Waals surface area (Å²) in [5.41, 5.74) is 2.86. The van der Waals surface area contributed by atoms with Gasteiger partial charge < -0.3 is 15.5 Å². The number of halogens is 2. The van der Waals surface area contributed by atoms with Gasteiger partial charge in [0.2, 0.25) is 0 Å². The van der Waals surface area contributed by atoms with E-state index in [1.165, 1.54) is 12.3 Å². The normalized spacial score (nSPS) is 10.4. The van der Waals surface area contributed by atoms with Crippen LogP contribution in [0.1, 0.15) is 10.5 Å². The van der Waals surface area contributed by atoms with Crippen LogP contribution in [0, 0.1) is 11.6 Å². The molecular weight excluding hydrogens is 350 g/mol. The van der Waals surface area contributed by atoms with Gasteiger partial charge >= 0.3 is 0 Å². The van der Waals surface area contributed by atoms with Crippen LogP contribution in [0.5, 0.6) is 0 Å². The number of pyridine rings is 1. The first kappa shape index (κ1) is 18.3. The number of hydrogen-bond acceptors (Lipinski definition) is 4. The third kappa shape index (κ3) is 4.58. The highest BCUT2D eigenvalue weighted by Crippen LogP contribution is 2.19. The first-order valence-electron chi connectivity index (χ1n) is 8.19. The second kappa shape index (κ2) is 7.82. The monoisotopic (exact) mass is 368 g/mol. The third-order valence-electron chi connectivity index (χ3n) is 3.85. The van der Waals surface area contributed by atoms with Gasteiger partial charge in [-0.2, -0.15) is 0 Å². The van der Waals surface area contributed by atoms with Gasteiger partial charge in [-0.3, -0.25) is 4.79 Å². The van der Waals surface area contributed by atoms with Crippen LogP contribution >= 0.6 is 0 Å². The molecule has 1 heterocycles. The van der Waals surface area contributed by atoms with E-state index in [-0.39, 0.29) is 11.6 Å². The zero-order valence-corrected chi connectivity index (χ0v) is 14.8. The fraction of sp³-hybridized carbons (Fsp3) is 0.100. The molecule has 2 N–H and O–H groups in total. The summed E-state index contributed by atoms with van der Waals surface area (Å²) < 4.78 is 26.2. The molecule has 2 aromatic carbocycles. The molecule has 0 atom stereocenters. The molecule has 5 nitrogen and oxygen atoms in total. The summed E-state index contributed by atoms with van der Waals surface area (Å²) >= 11 is 0. The molecule has 1 aromatic heterocycles. The highest BCUT2D eigenvalue weighted by atomic mass is 19.2. The maximum atomic E-state index is 13.2. The Balaban J connectivity index is 1.65. The van der Waals surface area contributed by atoms with E-state index in [0.29, 0.717) is 17.1 Å². The fourth-order valence-electron chi connectivity index (χ4n) is 2.38. The molecule has 0 fully saturated rings. The Bertz CT molecular complexity index is 941. The van der Waals surface area contributed by atoms with Crippen molar-refractivity contribution in [2.75, 3.05) is 29.6 Å². The summed E-state index contributed by atoms with van der Waals surface area (Å²) in [4.78, 5) is 18.4. The van der Waals surface area contributed by atoms with Crippen LogP contribution in [-0.2, 0) is 0 Å². The Morgan fingerprint density at radius 1 is 0.889 bits per heavy atom. The zero-order chi connectivity index (χ0) is 19.4. The summed E-state index contributed by atoms with van der Waals surface area (Å²) in [6.45, 7) is 0. The molecule has 0 saturated carbocycles. The van der Waals surface area contributed by atoms with Gasteiger partial charge in [0.15, 0.2) is 11.6 Å². The summed E-state index contributed by atoms with van der Waals surface area (Å²) in [5, 5.41) is 5.67. The number of aromatic nitrogens is 1.